The van der Waals surface area contributed by atoms with Gasteiger partial charge in [-0.2, -0.15) is 4.37 Å². The van der Waals surface area contributed by atoms with Crippen molar-refractivity contribution in [3.05, 3.63) is 41.2 Å². The lowest BCUT2D eigenvalue weighted by molar-refractivity contribution is 0.0955. The number of piperazine rings is 1. The number of aryl methyl sites for hydroxylation is 1. The third-order valence-electron chi connectivity index (χ3n) is 4.81. The molecule has 1 amide bonds. The van der Waals surface area contributed by atoms with Crippen LogP contribution in [-0.4, -0.2) is 65.9 Å². The van der Waals surface area contributed by atoms with Crippen molar-refractivity contribution in [2.24, 2.45) is 4.99 Å². The minimum atomic E-state index is -0.0437. The van der Waals surface area contributed by atoms with E-state index in [0.29, 0.717) is 18.7 Å². The molecule has 0 unspecified atom stereocenters. The van der Waals surface area contributed by atoms with Crippen LogP contribution in [-0.2, 0) is 13.0 Å². The molecule has 1 fully saturated rings. The first-order chi connectivity index (χ1) is 14.1. The first kappa shape index (κ1) is 21.0. The van der Waals surface area contributed by atoms with Gasteiger partial charge in [-0.05, 0) is 24.6 Å². The van der Waals surface area contributed by atoms with Gasteiger partial charge in [-0.3, -0.25) is 9.79 Å². The SMILES string of the molecule is CCNC(=O)c1cccc(CNC(=NC)N2CCN(c3nc(CC)ns3)CC2)c1. The van der Waals surface area contributed by atoms with Crippen molar-refractivity contribution < 1.29 is 4.79 Å². The fraction of sp³-hybridized carbons (Fsp3) is 0.500. The predicted octanol–water partition coefficient (Wildman–Crippen LogP) is 1.75. The van der Waals surface area contributed by atoms with E-state index in [1.807, 2.05) is 31.2 Å². The molecule has 1 aromatic carbocycles. The fourth-order valence-corrected chi connectivity index (χ4v) is 4.03. The molecule has 1 aromatic heterocycles. The summed E-state index contributed by atoms with van der Waals surface area (Å²) in [4.78, 5) is 25.6. The molecule has 29 heavy (non-hydrogen) atoms. The van der Waals surface area contributed by atoms with Gasteiger partial charge < -0.3 is 20.4 Å². The molecule has 0 aliphatic carbocycles. The zero-order valence-corrected chi connectivity index (χ0v) is 18.1. The summed E-state index contributed by atoms with van der Waals surface area (Å²) < 4.78 is 4.38. The molecular weight excluding hydrogens is 386 g/mol. The molecule has 2 N–H and O–H groups in total. The number of rotatable bonds is 6. The minimum Gasteiger partial charge on any atom is -0.352 e. The molecule has 0 bridgehead atoms. The molecular formula is C20H29N7OS. The second-order valence-electron chi connectivity index (χ2n) is 6.78. The Morgan fingerprint density at radius 3 is 2.66 bits per heavy atom. The van der Waals surface area contributed by atoms with Gasteiger partial charge in [0.1, 0.15) is 5.82 Å². The lowest BCUT2D eigenvalue weighted by Gasteiger charge is -2.36. The van der Waals surface area contributed by atoms with Crippen molar-refractivity contribution in [3.8, 4) is 0 Å². The lowest BCUT2D eigenvalue weighted by Crippen LogP contribution is -2.52. The maximum Gasteiger partial charge on any atom is 0.251 e. The van der Waals surface area contributed by atoms with Gasteiger partial charge in [0, 0.05) is 69.8 Å². The third kappa shape index (κ3) is 5.44. The van der Waals surface area contributed by atoms with E-state index >= 15 is 0 Å². The van der Waals surface area contributed by atoms with Gasteiger partial charge >= 0.3 is 0 Å². The summed E-state index contributed by atoms with van der Waals surface area (Å²) in [6, 6.07) is 7.68. The highest BCUT2D eigenvalue weighted by Gasteiger charge is 2.22. The van der Waals surface area contributed by atoms with Crippen LogP contribution in [0, 0.1) is 0 Å². The summed E-state index contributed by atoms with van der Waals surface area (Å²) >= 11 is 1.48. The van der Waals surface area contributed by atoms with E-state index in [2.05, 4.69) is 41.7 Å². The number of aliphatic imine (C=N–C) groups is 1. The van der Waals surface area contributed by atoms with E-state index in [0.717, 1.165) is 55.1 Å². The standard InChI is InChI=1S/C20H29N7OS/c1-4-17-24-20(29-25-17)27-11-9-26(10-12-27)19(21-3)23-14-15-7-6-8-16(13-15)18(28)22-5-2/h6-8,13H,4-5,9-12,14H2,1-3H3,(H,21,23)(H,22,28). The second-order valence-corrected chi connectivity index (χ2v) is 7.51. The monoisotopic (exact) mass is 415 g/mol. The van der Waals surface area contributed by atoms with Crippen LogP contribution in [0.4, 0.5) is 5.13 Å². The van der Waals surface area contributed by atoms with Crippen molar-refractivity contribution in [3.63, 3.8) is 0 Å². The van der Waals surface area contributed by atoms with Crippen LogP contribution in [0.25, 0.3) is 0 Å². The van der Waals surface area contributed by atoms with Crippen LogP contribution in [0.3, 0.4) is 0 Å². The number of nitrogens with zero attached hydrogens (tertiary/aromatic N) is 5. The van der Waals surface area contributed by atoms with Crippen molar-refractivity contribution in [2.75, 3.05) is 44.7 Å². The Morgan fingerprint density at radius 2 is 2.00 bits per heavy atom. The number of amides is 1. The second kappa shape index (κ2) is 10.2. The van der Waals surface area contributed by atoms with E-state index in [-0.39, 0.29) is 5.91 Å². The Labute approximate surface area is 176 Å². The molecule has 1 aliphatic rings. The molecule has 156 valence electrons. The fourth-order valence-electron chi connectivity index (χ4n) is 3.22. The molecule has 0 spiro atoms. The van der Waals surface area contributed by atoms with Gasteiger partial charge in [0.15, 0.2) is 5.96 Å². The van der Waals surface area contributed by atoms with E-state index in [9.17, 15) is 4.79 Å². The Hall–Kier alpha value is -2.68. The number of benzene rings is 1. The minimum absolute atomic E-state index is 0.0437. The number of aromatic nitrogens is 2. The molecule has 0 atom stereocenters. The van der Waals surface area contributed by atoms with E-state index in [1.54, 1.807) is 7.05 Å². The van der Waals surface area contributed by atoms with E-state index < -0.39 is 0 Å². The third-order valence-corrected chi connectivity index (χ3v) is 5.63. The van der Waals surface area contributed by atoms with Gasteiger partial charge in [0.05, 0.1) is 0 Å². The number of carbonyl (C=O) groups is 1. The zero-order valence-electron chi connectivity index (χ0n) is 17.3. The average Bonchev–Trinajstić information content (AvgIpc) is 3.24. The normalized spacial score (nSPS) is 14.8. The molecule has 0 saturated carbocycles. The van der Waals surface area contributed by atoms with E-state index in [1.165, 1.54) is 11.5 Å². The highest BCUT2D eigenvalue weighted by molar-refractivity contribution is 7.09. The highest BCUT2D eigenvalue weighted by atomic mass is 32.1. The molecule has 2 aromatic rings. The van der Waals surface area contributed by atoms with Crippen LogP contribution >= 0.6 is 11.5 Å². The molecule has 9 heteroatoms. The topological polar surface area (TPSA) is 85.8 Å². The van der Waals surface area contributed by atoms with Gasteiger partial charge in [-0.1, -0.05) is 19.1 Å². The van der Waals surface area contributed by atoms with Gasteiger partial charge in [-0.15, -0.1) is 0 Å². The molecule has 0 radical (unpaired) electrons. The Kier molecular flexibility index (Phi) is 7.40. The summed E-state index contributed by atoms with van der Waals surface area (Å²) in [5.41, 5.74) is 1.73. The molecule has 8 nitrogen and oxygen atoms in total. The van der Waals surface area contributed by atoms with Gasteiger partial charge in [0.25, 0.3) is 5.91 Å². The Balaban J connectivity index is 1.53. The lowest BCUT2D eigenvalue weighted by atomic mass is 10.1. The number of anilines is 1. The predicted molar refractivity (Wildman–Crippen MR) is 118 cm³/mol. The Bertz CT molecular complexity index is 843. The van der Waals surface area contributed by atoms with Crippen LogP contribution in [0.2, 0.25) is 0 Å². The van der Waals surface area contributed by atoms with Crippen molar-refractivity contribution in [1.29, 1.82) is 0 Å². The summed E-state index contributed by atoms with van der Waals surface area (Å²) in [5, 5.41) is 7.26. The summed E-state index contributed by atoms with van der Waals surface area (Å²) in [7, 11) is 1.80. The van der Waals surface area contributed by atoms with Gasteiger partial charge in [0.2, 0.25) is 5.13 Å². The molecule has 2 heterocycles. The smallest absolute Gasteiger partial charge is 0.251 e. The number of nitrogens with one attached hydrogen (secondary N) is 2. The number of hydrogen-bond acceptors (Lipinski definition) is 6. The first-order valence-corrected chi connectivity index (χ1v) is 10.8. The summed E-state index contributed by atoms with van der Waals surface area (Å²) in [5.74, 6) is 1.75. The quantitative estimate of drug-likeness (QED) is 0.552. The van der Waals surface area contributed by atoms with Crippen molar-refractivity contribution in [2.45, 2.75) is 26.8 Å². The summed E-state index contributed by atoms with van der Waals surface area (Å²) in [6.07, 6.45) is 0.869. The first-order valence-electron chi connectivity index (χ1n) is 10.0. The van der Waals surface area contributed by atoms with Crippen molar-refractivity contribution in [1.82, 2.24) is 24.9 Å². The number of hydrogen-bond donors (Lipinski definition) is 2. The van der Waals surface area contributed by atoms with Crippen molar-refractivity contribution >= 4 is 28.5 Å². The average molecular weight is 416 g/mol. The Morgan fingerprint density at radius 1 is 1.21 bits per heavy atom. The number of carbonyl (C=O) groups excluding carboxylic acids is 1. The van der Waals surface area contributed by atoms with E-state index in [4.69, 9.17) is 0 Å². The van der Waals surface area contributed by atoms with Crippen LogP contribution < -0.4 is 15.5 Å². The largest absolute Gasteiger partial charge is 0.352 e. The van der Waals surface area contributed by atoms with Crippen LogP contribution in [0.15, 0.2) is 29.3 Å². The maximum atomic E-state index is 12.0. The maximum absolute atomic E-state index is 12.0. The zero-order chi connectivity index (χ0) is 20.6. The van der Waals surface area contributed by atoms with Gasteiger partial charge in [-0.25, -0.2) is 4.98 Å². The molecule has 1 saturated heterocycles. The number of guanidine groups is 1. The van der Waals surface area contributed by atoms with Crippen LogP contribution in [0.1, 0.15) is 35.6 Å². The van der Waals surface area contributed by atoms with Crippen LogP contribution in [0.5, 0.6) is 0 Å². The highest BCUT2D eigenvalue weighted by Crippen LogP contribution is 2.19. The molecule has 1 aliphatic heterocycles. The molecule has 3 rings (SSSR count). The summed E-state index contributed by atoms with van der Waals surface area (Å²) in [6.45, 7) is 8.77.